The number of hydrogen-bond acceptors (Lipinski definition) is 3. The minimum Gasteiger partial charge on any atom is -0.360 e. The van der Waals surface area contributed by atoms with Crippen LogP contribution < -0.4 is 5.43 Å². The molecule has 0 saturated carbocycles. The van der Waals surface area contributed by atoms with Crippen molar-refractivity contribution in [1.29, 1.82) is 0 Å². The number of allylic oxidation sites excluding steroid dienone is 1. The highest BCUT2D eigenvalue weighted by molar-refractivity contribution is 6.08. The van der Waals surface area contributed by atoms with Crippen molar-refractivity contribution < 1.29 is 4.79 Å². The standard InChI is InChI=1S/C21H16N4O/c26-21(16-9-12-22-13-10-16)25-24-11-3-5-17-14-23-20-18-6-2-1-4-15(18)7-8-19(17)20/h1-14,23H,(H,25,26). The van der Waals surface area contributed by atoms with Gasteiger partial charge in [-0.3, -0.25) is 9.78 Å². The number of amides is 1. The second kappa shape index (κ2) is 7.03. The van der Waals surface area contributed by atoms with Gasteiger partial charge < -0.3 is 4.98 Å². The molecule has 5 nitrogen and oxygen atoms in total. The van der Waals surface area contributed by atoms with Gasteiger partial charge in [-0.15, -0.1) is 0 Å². The van der Waals surface area contributed by atoms with Crippen LogP contribution in [0.1, 0.15) is 15.9 Å². The topological polar surface area (TPSA) is 70.1 Å². The SMILES string of the molecule is O=C(NN=CC=Cc1c[nH]c2c1ccc1ccccc12)c1ccncc1. The number of hydrogen-bond donors (Lipinski definition) is 2. The maximum atomic E-state index is 11.9. The van der Waals surface area contributed by atoms with Crippen molar-refractivity contribution >= 4 is 39.9 Å². The van der Waals surface area contributed by atoms with Crippen LogP contribution in [-0.4, -0.2) is 22.1 Å². The highest BCUT2D eigenvalue weighted by Crippen LogP contribution is 2.27. The smallest absolute Gasteiger partial charge is 0.271 e. The summed E-state index contributed by atoms with van der Waals surface area (Å²) < 4.78 is 0. The van der Waals surface area contributed by atoms with Crippen LogP contribution in [0.2, 0.25) is 0 Å². The van der Waals surface area contributed by atoms with Gasteiger partial charge >= 0.3 is 0 Å². The van der Waals surface area contributed by atoms with E-state index in [-0.39, 0.29) is 5.91 Å². The number of pyridine rings is 1. The number of nitrogens with zero attached hydrogens (tertiary/aromatic N) is 2. The normalized spacial score (nSPS) is 11.7. The molecule has 0 atom stereocenters. The molecule has 126 valence electrons. The number of carbonyl (C=O) groups is 1. The summed E-state index contributed by atoms with van der Waals surface area (Å²) in [6, 6.07) is 15.8. The molecule has 0 saturated heterocycles. The highest BCUT2D eigenvalue weighted by atomic mass is 16.2. The van der Waals surface area contributed by atoms with Crippen molar-refractivity contribution in [2.24, 2.45) is 5.10 Å². The predicted octanol–water partition coefficient (Wildman–Crippen LogP) is 4.15. The Balaban J connectivity index is 1.49. The van der Waals surface area contributed by atoms with Crippen LogP contribution in [0.15, 0.2) is 78.3 Å². The van der Waals surface area contributed by atoms with Gasteiger partial charge in [0, 0.05) is 41.1 Å². The number of H-pyrrole nitrogens is 1. The summed E-state index contributed by atoms with van der Waals surface area (Å²) in [4.78, 5) is 19.1. The van der Waals surface area contributed by atoms with E-state index in [1.807, 2.05) is 24.4 Å². The quantitative estimate of drug-likeness (QED) is 0.433. The molecule has 0 unspecified atom stereocenters. The fraction of sp³-hybridized carbons (Fsp3) is 0. The largest absolute Gasteiger partial charge is 0.360 e. The summed E-state index contributed by atoms with van der Waals surface area (Å²) in [7, 11) is 0. The fourth-order valence-electron chi connectivity index (χ4n) is 2.89. The lowest BCUT2D eigenvalue weighted by molar-refractivity contribution is 0.0955. The zero-order valence-electron chi connectivity index (χ0n) is 13.9. The Hall–Kier alpha value is -3.73. The molecular weight excluding hydrogens is 324 g/mol. The second-order valence-corrected chi connectivity index (χ2v) is 5.77. The molecule has 1 amide bonds. The summed E-state index contributed by atoms with van der Waals surface area (Å²) in [5, 5.41) is 7.49. The molecule has 0 radical (unpaired) electrons. The van der Waals surface area contributed by atoms with Crippen molar-refractivity contribution in [3.8, 4) is 0 Å². The van der Waals surface area contributed by atoms with E-state index in [4.69, 9.17) is 0 Å². The monoisotopic (exact) mass is 340 g/mol. The van der Waals surface area contributed by atoms with E-state index in [1.165, 1.54) is 10.8 Å². The van der Waals surface area contributed by atoms with Gasteiger partial charge in [0.15, 0.2) is 0 Å². The van der Waals surface area contributed by atoms with E-state index in [1.54, 1.807) is 36.8 Å². The van der Waals surface area contributed by atoms with Crippen LogP contribution >= 0.6 is 0 Å². The first-order valence-corrected chi connectivity index (χ1v) is 8.22. The first kappa shape index (κ1) is 15.8. The number of hydrazone groups is 1. The number of fused-ring (bicyclic) bond motifs is 3. The molecule has 4 rings (SSSR count). The van der Waals surface area contributed by atoms with Crippen LogP contribution in [0, 0.1) is 0 Å². The third-order valence-corrected chi connectivity index (χ3v) is 4.16. The minimum atomic E-state index is -0.268. The zero-order chi connectivity index (χ0) is 17.8. The number of benzene rings is 2. The first-order valence-electron chi connectivity index (χ1n) is 8.22. The number of aromatic amines is 1. The Morgan fingerprint density at radius 1 is 1.04 bits per heavy atom. The van der Waals surface area contributed by atoms with E-state index in [9.17, 15) is 4.79 Å². The summed E-state index contributed by atoms with van der Waals surface area (Å²) in [6.45, 7) is 0. The van der Waals surface area contributed by atoms with Crippen molar-refractivity contribution in [1.82, 2.24) is 15.4 Å². The molecular formula is C21H16N4O. The molecule has 2 heterocycles. The van der Waals surface area contributed by atoms with Gasteiger partial charge in [0.25, 0.3) is 5.91 Å². The average Bonchev–Trinajstić information content (AvgIpc) is 3.12. The van der Waals surface area contributed by atoms with Gasteiger partial charge in [0.2, 0.25) is 0 Å². The van der Waals surface area contributed by atoms with Crippen LogP contribution in [0.25, 0.3) is 27.8 Å². The van der Waals surface area contributed by atoms with E-state index in [2.05, 4.69) is 44.8 Å². The van der Waals surface area contributed by atoms with Crippen LogP contribution in [0.4, 0.5) is 0 Å². The summed E-state index contributed by atoms with van der Waals surface area (Å²) in [5.74, 6) is -0.268. The maximum Gasteiger partial charge on any atom is 0.271 e. The molecule has 2 N–H and O–H groups in total. The molecule has 0 aliphatic rings. The lowest BCUT2D eigenvalue weighted by Gasteiger charge is -1.99. The summed E-state index contributed by atoms with van der Waals surface area (Å²) >= 11 is 0. The first-order chi connectivity index (χ1) is 12.8. The Morgan fingerprint density at radius 3 is 2.77 bits per heavy atom. The van der Waals surface area contributed by atoms with Crippen molar-refractivity contribution in [3.63, 3.8) is 0 Å². The third-order valence-electron chi connectivity index (χ3n) is 4.16. The molecule has 26 heavy (non-hydrogen) atoms. The maximum absolute atomic E-state index is 11.9. The number of aromatic nitrogens is 2. The van der Waals surface area contributed by atoms with Gasteiger partial charge in [0.05, 0.1) is 5.52 Å². The third kappa shape index (κ3) is 3.10. The van der Waals surface area contributed by atoms with Crippen molar-refractivity contribution in [3.05, 3.63) is 84.3 Å². The zero-order valence-corrected chi connectivity index (χ0v) is 13.9. The fourth-order valence-corrected chi connectivity index (χ4v) is 2.89. The predicted molar refractivity (Wildman–Crippen MR) is 105 cm³/mol. The van der Waals surface area contributed by atoms with Crippen LogP contribution in [0.5, 0.6) is 0 Å². The van der Waals surface area contributed by atoms with Gasteiger partial charge in [-0.2, -0.15) is 5.10 Å². The minimum absolute atomic E-state index is 0.268. The summed E-state index contributed by atoms with van der Waals surface area (Å²) in [6.07, 6.45) is 10.4. The molecule has 2 aromatic heterocycles. The van der Waals surface area contributed by atoms with E-state index in [0.29, 0.717) is 5.56 Å². The molecule has 2 aromatic carbocycles. The highest BCUT2D eigenvalue weighted by Gasteiger charge is 2.04. The molecule has 5 heteroatoms. The Kier molecular flexibility index (Phi) is 4.26. The average molecular weight is 340 g/mol. The van der Waals surface area contributed by atoms with Gasteiger partial charge in [-0.05, 0) is 29.2 Å². The van der Waals surface area contributed by atoms with Crippen LogP contribution in [-0.2, 0) is 0 Å². The number of carbonyl (C=O) groups excluding carboxylic acids is 1. The van der Waals surface area contributed by atoms with Gasteiger partial charge in [0.1, 0.15) is 0 Å². The van der Waals surface area contributed by atoms with Crippen molar-refractivity contribution in [2.45, 2.75) is 0 Å². The molecule has 0 fully saturated rings. The van der Waals surface area contributed by atoms with Gasteiger partial charge in [-0.25, -0.2) is 5.43 Å². The van der Waals surface area contributed by atoms with Gasteiger partial charge in [-0.1, -0.05) is 42.5 Å². The van der Waals surface area contributed by atoms with Crippen molar-refractivity contribution in [2.75, 3.05) is 0 Å². The number of nitrogens with one attached hydrogen (secondary N) is 2. The van der Waals surface area contributed by atoms with E-state index in [0.717, 1.165) is 16.5 Å². The lowest BCUT2D eigenvalue weighted by Crippen LogP contribution is -2.17. The van der Waals surface area contributed by atoms with E-state index < -0.39 is 0 Å². The molecule has 0 spiro atoms. The Morgan fingerprint density at radius 2 is 1.88 bits per heavy atom. The summed E-state index contributed by atoms with van der Waals surface area (Å²) in [5.41, 5.74) is 5.19. The molecule has 4 aromatic rings. The number of rotatable bonds is 4. The molecule has 0 aliphatic heterocycles. The Bertz CT molecular complexity index is 1130. The molecule has 0 aliphatic carbocycles. The lowest BCUT2D eigenvalue weighted by atomic mass is 10.1. The van der Waals surface area contributed by atoms with E-state index >= 15 is 0 Å². The molecule has 0 bridgehead atoms. The Labute approximate surface area is 150 Å². The second-order valence-electron chi connectivity index (χ2n) is 5.77. The van der Waals surface area contributed by atoms with Crippen LogP contribution in [0.3, 0.4) is 0 Å².